The summed E-state index contributed by atoms with van der Waals surface area (Å²) >= 11 is 0. The van der Waals surface area contributed by atoms with E-state index in [2.05, 4.69) is 4.90 Å². The van der Waals surface area contributed by atoms with Gasteiger partial charge in [0.15, 0.2) is 0 Å². The molecule has 1 aliphatic heterocycles. The highest BCUT2D eigenvalue weighted by molar-refractivity contribution is 5.85. The molecular weight excluding hydrogens is 345 g/mol. The van der Waals surface area contributed by atoms with Crippen molar-refractivity contribution in [1.29, 1.82) is 0 Å². The molecule has 0 amide bonds. The third-order valence-electron chi connectivity index (χ3n) is 5.02. The summed E-state index contributed by atoms with van der Waals surface area (Å²) in [5.74, 6) is -0.669. The second-order valence-electron chi connectivity index (χ2n) is 6.96. The first-order valence-electron chi connectivity index (χ1n) is 9.47. The first-order valence-corrected chi connectivity index (χ1v) is 9.47. The van der Waals surface area contributed by atoms with E-state index >= 15 is 0 Å². The molecule has 0 radical (unpaired) electrons. The monoisotopic (exact) mass is 371 g/mol. The molecule has 0 bridgehead atoms. The molecule has 2 aromatic rings. The van der Waals surface area contributed by atoms with Crippen LogP contribution in [0.1, 0.15) is 30.4 Å². The first-order chi connectivity index (χ1) is 13.1. The number of hydrogen-bond acceptors (Lipinski definition) is 4. The second kappa shape index (κ2) is 9.11. The van der Waals surface area contributed by atoms with Crippen LogP contribution >= 0.6 is 0 Å². The van der Waals surface area contributed by atoms with Gasteiger partial charge in [0.25, 0.3) is 0 Å². The maximum absolute atomic E-state index is 13.1. The van der Waals surface area contributed by atoms with E-state index in [1.54, 1.807) is 48.5 Å². The molecule has 5 heteroatoms. The van der Waals surface area contributed by atoms with Crippen LogP contribution in [0, 0.1) is 0 Å². The third kappa shape index (κ3) is 4.54. The van der Waals surface area contributed by atoms with Crippen LogP contribution in [0.3, 0.4) is 0 Å². The predicted molar refractivity (Wildman–Crippen MR) is 102 cm³/mol. The van der Waals surface area contributed by atoms with Crippen LogP contribution in [0.25, 0.3) is 0 Å². The van der Waals surface area contributed by atoms with Gasteiger partial charge >= 0.3 is 5.97 Å². The molecule has 2 aromatic carbocycles. The minimum Gasteiger partial charge on any atom is -0.458 e. The van der Waals surface area contributed by atoms with E-state index in [1.165, 1.54) is 0 Å². The van der Waals surface area contributed by atoms with Crippen molar-refractivity contribution in [1.82, 2.24) is 4.90 Å². The number of esters is 1. The van der Waals surface area contributed by atoms with Crippen LogP contribution in [0.5, 0.6) is 0 Å². The summed E-state index contributed by atoms with van der Waals surface area (Å²) in [6, 6.07) is 17.7. The molecule has 4 nitrogen and oxygen atoms in total. The number of likely N-dealkylation sites (tertiary alicyclic amines) is 1. The van der Waals surface area contributed by atoms with Crippen LogP contribution in [-0.2, 0) is 15.1 Å². The fraction of sp³-hybridized carbons (Fsp3) is 0.409. The number of aliphatic hydroxyl groups is 1. The normalized spacial score (nSPS) is 18.2. The lowest BCUT2D eigenvalue weighted by Gasteiger charge is -2.35. The zero-order valence-electron chi connectivity index (χ0n) is 15.4. The van der Waals surface area contributed by atoms with Gasteiger partial charge in [-0.25, -0.2) is 4.79 Å². The number of piperidine rings is 1. The largest absolute Gasteiger partial charge is 0.458 e. The highest BCUT2D eigenvalue weighted by Gasteiger charge is 2.43. The molecule has 1 aliphatic rings. The number of rotatable bonds is 7. The van der Waals surface area contributed by atoms with Gasteiger partial charge in [-0.1, -0.05) is 60.7 Å². The fourth-order valence-corrected chi connectivity index (χ4v) is 3.59. The quantitative estimate of drug-likeness (QED) is 0.759. The van der Waals surface area contributed by atoms with Crippen molar-refractivity contribution >= 4 is 5.97 Å². The molecular formula is C22H26FNO3. The molecule has 1 fully saturated rings. The van der Waals surface area contributed by atoms with Crippen molar-refractivity contribution in [2.75, 3.05) is 26.3 Å². The van der Waals surface area contributed by atoms with Gasteiger partial charge in [-0.15, -0.1) is 0 Å². The summed E-state index contributed by atoms with van der Waals surface area (Å²) < 4.78 is 18.2. The van der Waals surface area contributed by atoms with Gasteiger partial charge in [-0.05, 0) is 36.9 Å². The van der Waals surface area contributed by atoms with Crippen LogP contribution in [0.15, 0.2) is 60.7 Å². The van der Waals surface area contributed by atoms with Crippen molar-refractivity contribution in [2.45, 2.75) is 31.0 Å². The number of nitrogens with zero attached hydrogens (tertiary/aromatic N) is 1. The lowest BCUT2D eigenvalue weighted by Crippen LogP contribution is -2.45. The number of carbonyl (C=O) groups excluding carboxylic acids is 1. The Morgan fingerprint density at radius 3 is 2.26 bits per heavy atom. The van der Waals surface area contributed by atoms with Crippen LogP contribution in [0.2, 0.25) is 0 Å². The minimum absolute atomic E-state index is 0.301. The maximum Gasteiger partial charge on any atom is 0.348 e. The van der Waals surface area contributed by atoms with Crippen molar-refractivity contribution in [3.05, 3.63) is 71.8 Å². The number of ether oxygens (including phenoxy) is 1. The summed E-state index contributed by atoms with van der Waals surface area (Å²) in [5, 5.41) is 11.4. The lowest BCUT2D eigenvalue weighted by atomic mass is 9.86. The van der Waals surface area contributed by atoms with Crippen LogP contribution < -0.4 is 0 Å². The van der Waals surface area contributed by atoms with E-state index in [-0.39, 0.29) is 12.8 Å². The standard InChI is InChI=1S/C22H26FNO3/c23-14-8-16-24-15-7-13-20(17-24)27-21(25)22(26,18-9-3-1-4-10-18)19-11-5-2-6-12-19/h1-6,9-12,20,26H,7-8,13-17H2/t20-/m1/s1. The summed E-state index contributed by atoms with van der Waals surface area (Å²) in [6.07, 6.45) is 1.82. The van der Waals surface area contributed by atoms with Crippen molar-refractivity contribution < 1.29 is 19.0 Å². The Hall–Kier alpha value is -2.24. The van der Waals surface area contributed by atoms with Gasteiger partial charge < -0.3 is 9.84 Å². The molecule has 1 saturated heterocycles. The Morgan fingerprint density at radius 2 is 1.70 bits per heavy atom. The van der Waals surface area contributed by atoms with Crippen molar-refractivity contribution in [3.8, 4) is 0 Å². The molecule has 0 unspecified atom stereocenters. The SMILES string of the molecule is O=C(O[C@@H]1CCCN(CCCF)C1)C(O)(c1ccccc1)c1ccccc1. The molecule has 0 aromatic heterocycles. The van der Waals surface area contributed by atoms with Gasteiger partial charge in [0, 0.05) is 13.1 Å². The van der Waals surface area contributed by atoms with Gasteiger partial charge in [-0.2, -0.15) is 0 Å². The summed E-state index contributed by atoms with van der Waals surface area (Å²) in [4.78, 5) is 15.2. The zero-order valence-corrected chi connectivity index (χ0v) is 15.4. The molecule has 0 aliphatic carbocycles. The molecule has 0 saturated carbocycles. The van der Waals surface area contributed by atoms with E-state index in [4.69, 9.17) is 4.74 Å². The van der Waals surface area contributed by atoms with E-state index in [0.717, 1.165) is 19.4 Å². The van der Waals surface area contributed by atoms with E-state index < -0.39 is 11.6 Å². The summed E-state index contributed by atoms with van der Waals surface area (Å²) in [7, 11) is 0. The number of carbonyl (C=O) groups is 1. The van der Waals surface area contributed by atoms with Gasteiger partial charge in [0.2, 0.25) is 5.60 Å². The molecule has 3 rings (SSSR count). The van der Waals surface area contributed by atoms with Crippen LogP contribution in [0.4, 0.5) is 4.39 Å². The smallest absolute Gasteiger partial charge is 0.348 e. The first kappa shape index (κ1) is 19.5. The zero-order chi connectivity index (χ0) is 19.1. The lowest BCUT2D eigenvalue weighted by molar-refractivity contribution is -0.170. The predicted octanol–water partition coefficient (Wildman–Crippen LogP) is 3.29. The molecule has 0 spiro atoms. The van der Waals surface area contributed by atoms with Crippen molar-refractivity contribution in [3.63, 3.8) is 0 Å². The average molecular weight is 371 g/mol. The highest BCUT2D eigenvalue weighted by Crippen LogP contribution is 2.32. The topological polar surface area (TPSA) is 49.8 Å². The van der Waals surface area contributed by atoms with Gasteiger partial charge in [-0.3, -0.25) is 9.29 Å². The number of halogens is 1. The average Bonchev–Trinajstić information content (AvgIpc) is 2.73. The Balaban J connectivity index is 1.80. The van der Waals surface area contributed by atoms with E-state index in [0.29, 0.717) is 30.6 Å². The van der Waals surface area contributed by atoms with Crippen LogP contribution in [-0.4, -0.2) is 48.4 Å². The van der Waals surface area contributed by atoms with Gasteiger partial charge in [0.1, 0.15) is 6.10 Å². The fourth-order valence-electron chi connectivity index (χ4n) is 3.59. The molecule has 144 valence electrons. The maximum atomic E-state index is 13.1. The Labute approximate surface area is 159 Å². The molecule has 1 atom stereocenters. The molecule has 1 N–H and O–H groups in total. The third-order valence-corrected chi connectivity index (χ3v) is 5.02. The van der Waals surface area contributed by atoms with Gasteiger partial charge in [0.05, 0.1) is 6.67 Å². The summed E-state index contributed by atoms with van der Waals surface area (Å²) in [6.45, 7) is 1.77. The Bertz CT molecular complexity index is 683. The summed E-state index contributed by atoms with van der Waals surface area (Å²) in [5.41, 5.74) is -0.901. The Kier molecular flexibility index (Phi) is 6.58. The highest BCUT2D eigenvalue weighted by atomic mass is 19.1. The molecule has 27 heavy (non-hydrogen) atoms. The van der Waals surface area contributed by atoms with E-state index in [9.17, 15) is 14.3 Å². The number of alkyl halides is 1. The van der Waals surface area contributed by atoms with E-state index in [1.807, 2.05) is 12.1 Å². The minimum atomic E-state index is -1.86. The molecule has 1 heterocycles. The Morgan fingerprint density at radius 1 is 1.11 bits per heavy atom. The second-order valence-corrected chi connectivity index (χ2v) is 6.96. The number of hydrogen-bond donors (Lipinski definition) is 1. The number of benzene rings is 2. The van der Waals surface area contributed by atoms with Crippen molar-refractivity contribution in [2.24, 2.45) is 0 Å².